The minimum absolute atomic E-state index is 0.221. The average molecular weight is 389 g/mol. The molecule has 4 atom stereocenters. The summed E-state index contributed by atoms with van der Waals surface area (Å²) in [6, 6.07) is 8.81. The van der Waals surface area contributed by atoms with Gasteiger partial charge in [-0.3, -0.25) is 9.59 Å². The van der Waals surface area contributed by atoms with Crippen LogP contribution in [0.15, 0.2) is 30.3 Å². The van der Waals surface area contributed by atoms with Gasteiger partial charge in [0.1, 0.15) is 6.10 Å². The Balaban J connectivity index is 2.11. The van der Waals surface area contributed by atoms with Crippen LogP contribution < -0.4 is 0 Å². The van der Waals surface area contributed by atoms with Crippen LogP contribution in [0.25, 0.3) is 0 Å². The van der Waals surface area contributed by atoms with E-state index in [2.05, 4.69) is 6.92 Å². The standard InChI is InChI=1S/C22H31NO5/c1-4-5-7-10-15(2)13-18(14-19(24)25)21(26)23-16(3)20(28-22(23)27)17-11-8-6-9-12-17/h6,8-9,11-12,15-16,18,20H,4-5,7,10,13-14H2,1-3H3,(H,24,25)/t15-,16+,18-,20+/m0/s1. The minimum Gasteiger partial charge on any atom is -0.481 e. The fourth-order valence-corrected chi connectivity index (χ4v) is 3.87. The maximum atomic E-state index is 13.1. The molecule has 1 fully saturated rings. The number of carboxylic acids is 1. The van der Waals surface area contributed by atoms with E-state index in [-0.39, 0.29) is 12.3 Å². The van der Waals surface area contributed by atoms with Crippen LogP contribution in [0.1, 0.15) is 71.0 Å². The molecule has 2 amide bonds. The molecule has 0 bridgehead atoms. The van der Waals surface area contributed by atoms with Gasteiger partial charge in [0.25, 0.3) is 0 Å². The molecular weight excluding hydrogens is 358 g/mol. The Hall–Kier alpha value is -2.37. The second kappa shape index (κ2) is 10.2. The van der Waals surface area contributed by atoms with Crippen molar-refractivity contribution < 1.29 is 24.2 Å². The van der Waals surface area contributed by atoms with E-state index in [0.717, 1.165) is 36.1 Å². The molecule has 0 saturated carbocycles. The van der Waals surface area contributed by atoms with Gasteiger partial charge in [0.2, 0.25) is 5.91 Å². The largest absolute Gasteiger partial charge is 0.481 e. The molecule has 2 rings (SSSR count). The van der Waals surface area contributed by atoms with Crippen LogP contribution in [0.4, 0.5) is 4.79 Å². The molecule has 1 aromatic rings. The zero-order valence-corrected chi connectivity index (χ0v) is 17.0. The molecule has 1 aliphatic rings. The van der Waals surface area contributed by atoms with E-state index in [1.165, 1.54) is 0 Å². The van der Waals surface area contributed by atoms with Gasteiger partial charge >= 0.3 is 12.1 Å². The predicted molar refractivity (Wildman–Crippen MR) is 106 cm³/mol. The number of unbranched alkanes of at least 4 members (excludes halogenated alkanes) is 2. The van der Waals surface area contributed by atoms with Crippen LogP contribution in [0.3, 0.4) is 0 Å². The first-order valence-electron chi connectivity index (χ1n) is 10.2. The van der Waals surface area contributed by atoms with E-state index >= 15 is 0 Å². The van der Waals surface area contributed by atoms with Gasteiger partial charge in [0.05, 0.1) is 12.5 Å². The summed E-state index contributed by atoms with van der Waals surface area (Å²) in [7, 11) is 0. The molecule has 0 aliphatic carbocycles. The zero-order valence-electron chi connectivity index (χ0n) is 17.0. The van der Waals surface area contributed by atoms with E-state index in [1.807, 2.05) is 37.3 Å². The second-order valence-electron chi connectivity index (χ2n) is 7.80. The number of carboxylic acid groups (broad SMARTS) is 1. The maximum absolute atomic E-state index is 13.1. The van der Waals surface area contributed by atoms with Crippen molar-refractivity contribution in [3.8, 4) is 0 Å². The number of hydrogen-bond donors (Lipinski definition) is 1. The number of nitrogens with zero attached hydrogens (tertiary/aromatic N) is 1. The number of benzene rings is 1. The molecule has 1 heterocycles. The van der Waals surface area contributed by atoms with Crippen molar-refractivity contribution in [1.82, 2.24) is 4.90 Å². The van der Waals surface area contributed by atoms with Gasteiger partial charge in [-0.25, -0.2) is 9.69 Å². The van der Waals surface area contributed by atoms with Gasteiger partial charge < -0.3 is 9.84 Å². The molecule has 1 aromatic carbocycles. The fourth-order valence-electron chi connectivity index (χ4n) is 3.87. The van der Waals surface area contributed by atoms with Crippen LogP contribution in [0.5, 0.6) is 0 Å². The summed E-state index contributed by atoms with van der Waals surface area (Å²) in [5.74, 6) is -1.98. The average Bonchev–Trinajstić information content (AvgIpc) is 2.95. The number of carbonyl (C=O) groups excluding carboxylic acids is 2. The first-order valence-corrected chi connectivity index (χ1v) is 10.2. The third kappa shape index (κ3) is 5.57. The van der Waals surface area contributed by atoms with Crippen LogP contribution in [-0.4, -0.2) is 34.0 Å². The highest BCUT2D eigenvalue weighted by Crippen LogP contribution is 2.34. The van der Waals surface area contributed by atoms with Crippen LogP contribution in [0, 0.1) is 11.8 Å². The third-order valence-corrected chi connectivity index (χ3v) is 5.39. The summed E-state index contributed by atoms with van der Waals surface area (Å²) in [5, 5.41) is 9.28. The lowest BCUT2D eigenvalue weighted by Gasteiger charge is -2.25. The van der Waals surface area contributed by atoms with Crippen molar-refractivity contribution >= 4 is 18.0 Å². The molecule has 0 aromatic heterocycles. The molecule has 6 nitrogen and oxygen atoms in total. The topological polar surface area (TPSA) is 83.9 Å². The number of hydrogen-bond acceptors (Lipinski definition) is 4. The first kappa shape index (κ1) is 21.9. The molecule has 154 valence electrons. The van der Waals surface area contributed by atoms with Gasteiger partial charge in [-0.05, 0) is 24.8 Å². The summed E-state index contributed by atoms with van der Waals surface area (Å²) in [6.45, 7) is 5.93. The Bertz CT molecular complexity index is 675. The predicted octanol–water partition coefficient (Wildman–Crippen LogP) is 4.79. The quantitative estimate of drug-likeness (QED) is 0.582. The first-order chi connectivity index (χ1) is 13.3. The van der Waals surface area contributed by atoms with Crippen molar-refractivity contribution in [1.29, 1.82) is 0 Å². The monoisotopic (exact) mass is 389 g/mol. The zero-order chi connectivity index (χ0) is 20.7. The third-order valence-electron chi connectivity index (χ3n) is 5.39. The molecule has 28 heavy (non-hydrogen) atoms. The van der Waals surface area contributed by atoms with E-state index in [0.29, 0.717) is 6.42 Å². The summed E-state index contributed by atoms with van der Waals surface area (Å²) in [5.41, 5.74) is 0.821. The summed E-state index contributed by atoms with van der Waals surface area (Å²) in [4.78, 5) is 38.0. The van der Waals surface area contributed by atoms with Crippen molar-refractivity contribution in [3.63, 3.8) is 0 Å². The van der Waals surface area contributed by atoms with Crippen molar-refractivity contribution in [3.05, 3.63) is 35.9 Å². The van der Waals surface area contributed by atoms with Gasteiger partial charge in [-0.1, -0.05) is 69.9 Å². The number of imide groups is 1. The molecule has 1 saturated heterocycles. The molecule has 0 unspecified atom stereocenters. The summed E-state index contributed by atoms with van der Waals surface area (Å²) >= 11 is 0. The van der Waals surface area contributed by atoms with Crippen molar-refractivity contribution in [2.45, 2.75) is 71.4 Å². The Morgan fingerprint density at radius 3 is 2.50 bits per heavy atom. The van der Waals surface area contributed by atoms with Crippen molar-refractivity contribution in [2.24, 2.45) is 11.8 Å². The second-order valence-corrected chi connectivity index (χ2v) is 7.80. The lowest BCUT2D eigenvalue weighted by atomic mass is 9.88. The lowest BCUT2D eigenvalue weighted by molar-refractivity contribution is -0.144. The number of rotatable bonds is 10. The smallest absolute Gasteiger partial charge is 0.417 e. The van der Waals surface area contributed by atoms with Gasteiger partial charge in [0.15, 0.2) is 0 Å². The van der Waals surface area contributed by atoms with E-state index in [9.17, 15) is 19.5 Å². The minimum atomic E-state index is -1.03. The molecule has 0 spiro atoms. The SMILES string of the molecule is CCCCC[C@H](C)C[C@@H](CC(=O)O)C(=O)N1C(=O)O[C@@H](c2ccccc2)[C@H]1C. The maximum Gasteiger partial charge on any atom is 0.417 e. The summed E-state index contributed by atoms with van der Waals surface area (Å²) in [6.07, 6.45) is 3.20. The van der Waals surface area contributed by atoms with E-state index in [1.54, 1.807) is 6.92 Å². The summed E-state index contributed by atoms with van der Waals surface area (Å²) < 4.78 is 5.45. The van der Waals surface area contributed by atoms with Crippen LogP contribution in [-0.2, 0) is 14.3 Å². The Labute approximate surface area is 166 Å². The molecule has 1 N–H and O–H groups in total. The molecular formula is C22H31NO5. The number of carbonyl (C=O) groups is 3. The normalized spacial score (nSPS) is 21.2. The van der Waals surface area contributed by atoms with Gasteiger partial charge in [-0.2, -0.15) is 0 Å². The fraction of sp³-hybridized carbons (Fsp3) is 0.591. The van der Waals surface area contributed by atoms with Crippen LogP contribution >= 0.6 is 0 Å². The molecule has 6 heteroatoms. The van der Waals surface area contributed by atoms with E-state index < -0.39 is 36.0 Å². The van der Waals surface area contributed by atoms with Gasteiger partial charge in [-0.15, -0.1) is 0 Å². The lowest BCUT2D eigenvalue weighted by Crippen LogP contribution is -2.42. The number of amides is 2. The van der Waals surface area contributed by atoms with Crippen LogP contribution in [0.2, 0.25) is 0 Å². The highest BCUT2D eigenvalue weighted by atomic mass is 16.6. The highest BCUT2D eigenvalue weighted by Gasteiger charge is 2.45. The van der Waals surface area contributed by atoms with E-state index in [4.69, 9.17) is 4.74 Å². The van der Waals surface area contributed by atoms with Crippen molar-refractivity contribution in [2.75, 3.05) is 0 Å². The number of cyclic esters (lactones) is 1. The van der Waals surface area contributed by atoms with Gasteiger partial charge in [0, 0.05) is 5.92 Å². The molecule has 0 radical (unpaired) electrons. The molecule has 1 aliphatic heterocycles. The number of ether oxygens (including phenoxy) is 1. The Morgan fingerprint density at radius 2 is 1.89 bits per heavy atom. The Kier molecular flexibility index (Phi) is 8.03. The Morgan fingerprint density at radius 1 is 1.21 bits per heavy atom. The highest BCUT2D eigenvalue weighted by molar-refractivity contribution is 5.96. The number of aliphatic carboxylic acids is 1.